The molecule has 3 N–H and O–H groups in total. The molecule has 2 heterocycles. The molecule has 36 heavy (non-hydrogen) atoms. The Morgan fingerprint density at radius 1 is 1.17 bits per heavy atom. The van der Waals surface area contributed by atoms with Crippen molar-refractivity contribution in [3.8, 4) is 6.07 Å². The van der Waals surface area contributed by atoms with Crippen molar-refractivity contribution in [2.24, 2.45) is 0 Å². The minimum atomic E-state index is -0.676. The van der Waals surface area contributed by atoms with Crippen LogP contribution in [0.3, 0.4) is 0 Å². The van der Waals surface area contributed by atoms with E-state index in [4.69, 9.17) is 4.42 Å². The van der Waals surface area contributed by atoms with Crippen LogP contribution in [0.25, 0.3) is 0 Å². The first-order chi connectivity index (χ1) is 17.5. The number of allylic oxidation sites excluding steroid dienone is 2. The van der Waals surface area contributed by atoms with Crippen molar-refractivity contribution < 1.29 is 14.0 Å². The van der Waals surface area contributed by atoms with Gasteiger partial charge >= 0.3 is 0 Å². The Balaban J connectivity index is 1.54. The predicted octanol–water partition coefficient (Wildman–Crippen LogP) is 5.36. The first-order valence-corrected chi connectivity index (χ1v) is 13.5. The molecular weight excluding hydrogens is 472 g/mol. The third-order valence-corrected chi connectivity index (χ3v) is 7.67. The van der Waals surface area contributed by atoms with E-state index in [1.54, 1.807) is 12.1 Å². The van der Waals surface area contributed by atoms with Crippen molar-refractivity contribution in [2.45, 2.75) is 64.3 Å². The summed E-state index contributed by atoms with van der Waals surface area (Å²) in [5.74, 6) is -0.340. The number of amides is 2. The number of dihydropyridines is 1. The zero-order valence-electron chi connectivity index (χ0n) is 20.7. The predicted molar refractivity (Wildman–Crippen MR) is 142 cm³/mol. The van der Waals surface area contributed by atoms with Crippen LogP contribution in [-0.2, 0) is 16.0 Å². The van der Waals surface area contributed by atoms with Crippen molar-refractivity contribution in [2.75, 3.05) is 11.1 Å². The normalized spacial score (nSPS) is 18.4. The number of hydrogen-bond acceptors (Lipinski definition) is 6. The topological polar surface area (TPSA) is 107 Å². The highest BCUT2D eigenvalue weighted by atomic mass is 32.2. The molecule has 1 unspecified atom stereocenters. The number of nitrogens with zero attached hydrogens (tertiary/aromatic N) is 1. The average molecular weight is 505 g/mol. The number of aryl methyl sites for hydroxylation is 1. The van der Waals surface area contributed by atoms with Crippen LogP contribution in [0.15, 0.2) is 69.0 Å². The van der Waals surface area contributed by atoms with E-state index in [2.05, 4.69) is 28.9 Å². The van der Waals surface area contributed by atoms with Gasteiger partial charge in [0.1, 0.15) is 5.76 Å². The number of thioether (sulfide) groups is 1. The van der Waals surface area contributed by atoms with Gasteiger partial charge < -0.3 is 20.4 Å². The number of furan rings is 1. The second-order valence-electron chi connectivity index (χ2n) is 9.16. The Morgan fingerprint density at radius 3 is 2.56 bits per heavy atom. The number of nitriles is 1. The summed E-state index contributed by atoms with van der Waals surface area (Å²) in [5.41, 5.74) is 3.25. The van der Waals surface area contributed by atoms with Crippen LogP contribution in [0.2, 0.25) is 0 Å². The molecule has 1 aliphatic heterocycles. The van der Waals surface area contributed by atoms with Gasteiger partial charge in [0, 0.05) is 17.4 Å². The molecule has 0 spiro atoms. The second kappa shape index (κ2) is 12.0. The number of carbonyl (C=O) groups excluding carboxylic acids is 2. The van der Waals surface area contributed by atoms with E-state index < -0.39 is 5.92 Å². The number of anilines is 1. The molecule has 2 aliphatic rings. The third-order valence-electron chi connectivity index (χ3n) is 6.66. The van der Waals surface area contributed by atoms with Gasteiger partial charge in [0.25, 0.3) is 5.91 Å². The quantitative estimate of drug-likeness (QED) is 0.447. The van der Waals surface area contributed by atoms with Gasteiger partial charge in [-0.25, -0.2) is 0 Å². The Hall–Kier alpha value is -3.44. The van der Waals surface area contributed by atoms with Crippen LogP contribution >= 0.6 is 11.8 Å². The van der Waals surface area contributed by atoms with Gasteiger partial charge in [0.2, 0.25) is 5.91 Å². The lowest BCUT2D eigenvalue weighted by Gasteiger charge is -2.28. The molecule has 1 atom stereocenters. The summed E-state index contributed by atoms with van der Waals surface area (Å²) < 4.78 is 5.67. The summed E-state index contributed by atoms with van der Waals surface area (Å²) in [6.45, 7) is 3.89. The van der Waals surface area contributed by atoms with Crippen LogP contribution < -0.4 is 16.0 Å². The minimum absolute atomic E-state index is 0.0475. The summed E-state index contributed by atoms with van der Waals surface area (Å²) in [4.78, 5) is 26.0. The highest BCUT2D eigenvalue weighted by Gasteiger charge is 2.36. The third kappa shape index (κ3) is 6.03. The fourth-order valence-electron chi connectivity index (χ4n) is 4.74. The zero-order valence-corrected chi connectivity index (χ0v) is 21.5. The molecule has 1 aliphatic carbocycles. The van der Waals surface area contributed by atoms with E-state index in [0.29, 0.717) is 33.3 Å². The molecule has 0 saturated heterocycles. The van der Waals surface area contributed by atoms with Crippen molar-refractivity contribution in [1.29, 1.82) is 5.26 Å². The highest BCUT2D eigenvalue weighted by Crippen LogP contribution is 2.41. The maximum absolute atomic E-state index is 13.4. The zero-order chi connectivity index (χ0) is 25.5. The molecule has 2 amide bonds. The number of benzene rings is 1. The molecule has 188 valence electrons. The van der Waals surface area contributed by atoms with Crippen LogP contribution in [0.1, 0.15) is 63.2 Å². The fraction of sp³-hybridized carbons (Fsp3) is 0.393. The van der Waals surface area contributed by atoms with Crippen molar-refractivity contribution >= 4 is 29.3 Å². The van der Waals surface area contributed by atoms with Crippen molar-refractivity contribution in [3.63, 3.8) is 0 Å². The molecule has 1 aromatic heterocycles. The Bertz CT molecular complexity index is 1190. The van der Waals surface area contributed by atoms with Gasteiger partial charge in [0.15, 0.2) is 0 Å². The molecule has 2 aromatic rings. The monoisotopic (exact) mass is 504 g/mol. The first-order valence-electron chi connectivity index (χ1n) is 12.5. The van der Waals surface area contributed by atoms with E-state index in [-0.39, 0.29) is 23.6 Å². The van der Waals surface area contributed by atoms with Crippen LogP contribution in [0, 0.1) is 11.3 Å². The van der Waals surface area contributed by atoms with Gasteiger partial charge in [-0.2, -0.15) is 5.26 Å². The lowest BCUT2D eigenvalue weighted by Crippen LogP contribution is -2.37. The number of rotatable bonds is 8. The van der Waals surface area contributed by atoms with E-state index in [9.17, 15) is 14.9 Å². The molecule has 4 rings (SSSR count). The van der Waals surface area contributed by atoms with E-state index >= 15 is 0 Å². The molecular formula is C28H32N4O3S. The summed E-state index contributed by atoms with van der Waals surface area (Å²) >= 11 is 1.28. The molecule has 1 aromatic carbocycles. The van der Waals surface area contributed by atoms with Gasteiger partial charge in [-0.1, -0.05) is 50.1 Å². The highest BCUT2D eigenvalue weighted by molar-refractivity contribution is 8.03. The maximum atomic E-state index is 13.4. The van der Waals surface area contributed by atoms with Gasteiger partial charge in [-0.3, -0.25) is 9.59 Å². The van der Waals surface area contributed by atoms with Crippen molar-refractivity contribution in [3.05, 3.63) is 75.9 Å². The standard InChI is InChI=1S/C28H32N4O3S/c1-3-19-11-13-21(14-12-19)32-27(34)25-18(2)30-28(22(16-29)26(25)23-10-7-15-35-23)36-17-24(33)31-20-8-5-4-6-9-20/h7,10-15,20,26,30H,3-6,8-9,17H2,1-2H3,(H,31,33)(H,32,34). The smallest absolute Gasteiger partial charge is 0.254 e. The van der Waals surface area contributed by atoms with Gasteiger partial charge in [0.05, 0.1) is 40.2 Å². The molecule has 1 saturated carbocycles. The molecule has 0 bridgehead atoms. The largest absolute Gasteiger partial charge is 0.468 e. The number of nitrogens with one attached hydrogen (secondary N) is 3. The SMILES string of the molecule is CCc1ccc(NC(=O)C2=C(C)NC(SCC(=O)NC3CCCCC3)=C(C#N)C2c2ccco2)cc1. The summed E-state index contributed by atoms with van der Waals surface area (Å²) in [6.07, 6.45) is 8.00. The second-order valence-corrected chi connectivity index (χ2v) is 10.1. The summed E-state index contributed by atoms with van der Waals surface area (Å²) in [6, 6.07) is 13.7. The van der Waals surface area contributed by atoms with Crippen LogP contribution in [0.4, 0.5) is 5.69 Å². The molecule has 8 heteroatoms. The first kappa shape index (κ1) is 25.6. The Morgan fingerprint density at radius 2 is 1.92 bits per heavy atom. The molecule has 1 fully saturated rings. The fourth-order valence-corrected chi connectivity index (χ4v) is 5.65. The van der Waals surface area contributed by atoms with E-state index in [0.717, 1.165) is 32.1 Å². The molecule has 7 nitrogen and oxygen atoms in total. The lowest BCUT2D eigenvalue weighted by molar-refractivity contribution is -0.119. The maximum Gasteiger partial charge on any atom is 0.254 e. The van der Waals surface area contributed by atoms with E-state index in [1.807, 2.05) is 31.2 Å². The Labute approximate surface area is 216 Å². The van der Waals surface area contributed by atoms with Crippen LogP contribution in [-0.4, -0.2) is 23.6 Å². The Kier molecular flexibility index (Phi) is 8.55. The van der Waals surface area contributed by atoms with E-state index in [1.165, 1.54) is 30.0 Å². The van der Waals surface area contributed by atoms with Crippen molar-refractivity contribution in [1.82, 2.24) is 10.6 Å². The average Bonchev–Trinajstić information content (AvgIpc) is 3.42. The lowest BCUT2D eigenvalue weighted by atomic mass is 9.85. The number of carbonyl (C=O) groups is 2. The summed E-state index contributed by atoms with van der Waals surface area (Å²) in [7, 11) is 0. The molecule has 0 radical (unpaired) electrons. The van der Waals surface area contributed by atoms with Gasteiger partial charge in [-0.05, 0) is 56.0 Å². The van der Waals surface area contributed by atoms with Crippen LogP contribution in [0.5, 0.6) is 0 Å². The number of hydrogen-bond donors (Lipinski definition) is 3. The minimum Gasteiger partial charge on any atom is -0.468 e. The van der Waals surface area contributed by atoms with Gasteiger partial charge in [-0.15, -0.1) is 0 Å². The summed E-state index contributed by atoms with van der Waals surface area (Å²) in [5, 5.41) is 20.0.